The van der Waals surface area contributed by atoms with Gasteiger partial charge in [-0.05, 0) is 48.1 Å². The molecular weight excluding hydrogens is 404 g/mol. The lowest BCUT2D eigenvalue weighted by molar-refractivity contribution is -0.122. The summed E-state index contributed by atoms with van der Waals surface area (Å²) in [5.74, 6) is -1.20. The molecular formula is C19H15ClN2O5S. The molecule has 0 spiro atoms. The molecule has 2 aromatic carbocycles. The van der Waals surface area contributed by atoms with Crippen LogP contribution in [0.3, 0.4) is 0 Å². The molecule has 0 aromatic heterocycles. The van der Waals surface area contributed by atoms with Gasteiger partial charge in [0.05, 0.1) is 24.9 Å². The Labute approximate surface area is 171 Å². The first-order valence-corrected chi connectivity index (χ1v) is 8.77. The lowest BCUT2D eigenvalue weighted by Gasteiger charge is -2.29. The molecule has 28 heavy (non-hydrogen) atoms. The summed E-state index contributed by atoms with van der Waals surface area (Å²) in [5, 5.41) is 12.7. The topological polar surface area (TPSA) is 88.1 Å². The summed E-state index contributed by atoms with van der Waals surface area (Å²) >= 11 is 11.3. The first-order valence-electron chi connectivity index (χ1n) is 7.98. The Morgan fingerprint density at radius 2 is 1.75 bits per heavy atom. The van der Waals surface area contributed by atoms with E-state index in [9.17, 15) is 14.7 Å². The van der Waals surface area contributed by atoms with E-state index in [-0.39, 0.29) is 27.9 Å². The maximum Gasteiger partial charge on any atom is 0.270 e. The maximum absolute atomic E-state index is 13.0. The standard InChI is InChI=1S/C19H15ClN2O5S/c1-26-14-8-10(9-15(27-2)16(14)23)7-11-17(24)21-19(28)22(18(11)25)13-6-4-3-5-12(13)20/h3-9,23H,1-2H3,(H,21,24,28)/b11-7+. The summed E-state index contributed by atoms with van der Waals surface area (Å²) in [6.07, 6.45) is 1.35. The number of rotatable bonds is 4. The minimum absolute atomic E-state index is 0.0684. The van der Waals surface area contributed by atoms with Crippen molar-refractivity contribution in [1.82, 2.24) is 5.32 Å². The summed E-state index contributed by atoms with van der Waals surface area (Å²) in [4.78, 5) is 26.6. The molecule has 1 saturated heterocycles. The average molecular weight is 419 g/mol. The number of halogens is 1. The predicted octanol–water partition coefficient (Wildman–Crippen LogP) is 2.89. The molecule has 0 aliphatic carbocycles. The van der Waals surface area contributed by atoms with Crippen molar-refractivity contribution in [3.8, 4) is 17.2 Å². The number of thiocarbonyl (C=S) groups is 1. The molecule has 144 valence electrons. The average Bonchev–Trinajstić information content (AvgIpc) is 2.67. The number of nitrogens with one attached hydrogen (secondary N) is 1. The quantitative estimate of drug-likeness (QED) is 0.451. The van der Waals surface area contributed by atoms with E-state index in [4.69, 9.17) is 33.3 Å². The zero-order valence-electron chi connectivity index (χ0n) is 14.9. The Balaban J connectivity index is 2.08. The molecule has 1 heterocycles. The second kappa shape index (κ2) is 7.87. The number of methoxy groups -OCH3 is 2. The minimum Gasteiger partial charge on any atom is -0.502 e. The number of nitrogens with zero attached hydrogens (tertiary/aromatic N) is 1. The van der Waals surface area contributed by atoms with Crippen molar-refractivity contribution >= 4 is 52.5 Å². The number of carbonyl (C=O) groups is 2. The van der Waals surface area contributed by atoms with Crippen LogP contribution in [0.4, 0.5) is 5.69 Å². The van der Waals surface area contributed by atoms with Gasteiger partial charge in [0.25, 0.3) is 11.8 Å². The van der Waals surface area contributed by atoms with E-state index >= 15 is 0 Å². The third-order valence-corrected chi connectivity index (χ3v) is 4.61. The highest BCUT2D eigenvalue weighted by atomic mass is 35.5. The van der Waals surface area contributed by atoms with Crippen LogP contribution in [0.5, 0.6) is 17.2 Å². The zero-order chi connectivity index (χ0) is 20.4. The van der Waals surface area contributed by atoms with E-state index in [1.165, 1.54) is 32.4 Å². The van der Waals surface area contributed by atoms with Crippen LogP contribution >= 0.6 is 23.8 Å². The number of aromatic hydroxyl groups is 1. The number of ether oxygens (including phenoxy) is 2. The van der Waals surface area contributed by atoms with Crippen LogP contribution in [0.2, 0.25) is 5.02 Å². The molecule has 1 aliphatic heterocycles. The molecule has 3 rings (SSSR count). The monoisotopic (exact) mass is 418 g/mol. The molecule has 9 heteroatoms. The van der Waals surface area contributed by atoms with E-state index in [1.807, 2.05) is 0 Å². The molecule has 0 unspecified atom stereocenters. The molecule has 0 saturated carbocycles. The predicted molar refractivity (Wildman–Crippen MR) is 109 cm³/mol. The van der Waals surface area contributed by atoms with Gasteiger partial charge in [0, 0.05) is 0 Å². The van der Waals surface area contributed by atoms with Crippen molar-refractivity contribution in [3.05, 3.63) is 52.6 Å². The third-order valence-electron chi connectivity index (χ3n) is 4.01. The Kier molecular flexibility index (Phi) is 5.53. The number of para-hydroxylation sites is 1. The second-order valence-corrected chi connectivity index (χ2v) is 6.48. The van der Waals surface area contributed by atoms with Crippen LogP contribution < -0.4 is 19.7 Å². The number of hydrogen-bond acceptors (Lipinski definition) is 6. The third kappa shape index (κ3) is 3.51. The van der Waals surface area contributed by atoms with E-state index < -0.39 is 11.8 Å². The van der Waals surface area contributed by atoms with Gasteiger partial charge >= 0.3 is 0 Å². The number of carbonyl (C=O) groups excluding carboxylic acids is 2. The minimum atomic E-state index is -0.649. The number of benzene rings is 2. The summed E-state index contributed by atoms with van der Waals surface area (Å²) in [6.45, 7) is 0. The maximum atomic E-state index is 13.0. The highest BCUT2D eigenvalue weighted by Gasteiger charge is 2.35. The largest absolute Gasteiger partial charge is 0.502 e. The fourth-order valence-electron chi connectivity index (χ4n) is 2.67. The fourth-order valence-corrected chi connectivity index (χ4v) is 3.17. The van der Waals surface area contributed by atoms with E-state index in [1.54, 1.807) is 24.3 Å². The smallest absolute Gasteiger partial charge is 0.270 e. The molecule has 2 aromatic rings. The van der Waals surface area contributed by atoms with Gasteiger partial charge in [-0.1, -0.05) is 23.7 Å². The van der Waals surface area contributed by atoms with Crippen molar-refractivity contribution in [2.75, 3.05) is 19.1 Å². The molecule has 7 nitrogen and oxygen atoms in total. The first-order chi connectivity index (χ1) is 13.4. The van der Waals surface area contributed by atoms with Gasteiger partial charge < -0.3 is 14.6 Å². The van der Waals surface area contributed by atoms with Gasteiger partial charge in [0.2, 0.25) is 5.75 Å². The van der Waals surface area contributed by atoms with Crippen molar-refractivity contribution in [3.63, 3.8) is 0 Å². The molecule has 0 bridgehead atoms. The Morgan fingerprint density at radius 1 is 1.14 bits per heavy atom. The molecule has 1 fully saturated rings. The Morgan fingerprint density at radius 3 is 2.32 bits per heavy atom. The lowest BCUT2D eigenvalue weighted by atomic mass is 10.1. The Bertz CT molecular complexity index is 996. The first kappa shape index (κ1) is 19.7. The molecule has 2 amide bonds. The fraction of sp³-hybridized carbons (Fsp3) is 0.105. The molecule has 2 N–H and O–H groups in total. The Hall–Kier alpha value is -3.10. The van der Waals surface area contributed by atoms with E-state index in [2.05, 4.69) is 5.32 Å². The summed E-state index contributed by atoms with van der Waals surface area (Å²) in [5.41, 5.74) is 0.603. The SMILES string of the molecule is COc1cc(/C=C2\C(=O)NC(=S)N(c3ccccc3Cl)C2=O)cc(OC)c1O. The van der Waals surface area contributed by atoms with Crippen LogP contribution in [0.15, 0.2) is 42.0 Å². The summed E-state index contributed by atoms with van der Waals surface area (Å²) < 4.78 is 10.2. The van der Waals surface area contributed by atoms with E-state index in [0.717, 1.165) is 4.90 Å². The number of phenols is 1. The van der Waals surface area contributed by atoms with Crippen molar-refractivity contribution in [2.45, 2.75) is 0 Å². The van der Waals surface area contributed by atoms with Gasteiger partial charge in [-0.3, -0.25) is 19.8 Å². The van der Waals surface area contributed by atoms with Gasteiger partial charge in [0.15, 0.2) is 16.6 Å². The molecule has 0 radical (unpaired) electrons. The highest BCUT2D eigenvalue weighted by molar-refractivity contribution is 7.80. The number of hydrogen-bond donors (Lipinski definition) is 2. The normalized spacial score (nSPS) is 15.6. The molecule has 0 atom stereocenters. The van der Waals surface area contributed by atoms with Crippen LogP contribution in [0.25, 0.3) is 6.08 Å². The van der Waals surface area contributed by atoms with Crippen LogP contribution in [-0.2, 0) is 9.59 Å². The summed E-state index contributed by atoms with van der Waals surface area (Å²) in [6, 6.07) is 9.59. The van der Waals surface area contributed by atoms with Gasteiger partial charge in [0.1, 0.15) is 5.57 Å². The number of amides is 2. The molecule has 1 aliphatic rings. The van der Waals surface area contributed by atoms with Crippen molar-refractivity contribution in [1.29, 1.82) is 0 Å². The van der Waals surface area contributed by atoms with Gasteiger partial charge in [-0.15, -0.1) is 0 Å². The van der Waals surface area contributed by atoms with Crippen molar-refractivity contribution < 1.29 is 24.2 Å². The number of anilines is 1. The lowest BCUT2D eigenvalue weighted by Crippen LogP contribution is -2.54. The number of phenolic OH excluding ortho intramolecular Hbond substituents is 1. The van der Waals surface area contributed by atoms with Gasteiger partial charge in [-0.25, -0.2) is 0 Å². The zero-order valence-corrected chi connectivity index (χ0v) is 16.4. The second-order valence-electron chi connectivity index (χ2n) is 5.68. The van der Waals surface area contributed by atoms with E-state index in [0.29, 0.717) is 16.3 Å². The highest BCUT2D eigenvalue weighted by Crippen LogP contribution is 2.38. The van der Waals surface area contributed by atoms with Crippen LogP contribution in [-0.4, -0.2) is 36.3 Å². The van der Waals surface area contributed by atoms with Crippen LogP contribution in [0.1, 0.15) is 5.56 Å². The van der Waals surface area contributed by atoms with Gasteiger partial charge in [-0.2, -0.15) is 0 Å². The summed E-state index contributed by atoms with van der Waals surface area (Å²) in [7, 11) is 2.75. The van der Waals surface area contributed by atoms with Crippen molar-refractivity contribution in [2.24, 2.45) is 0 Å². The van der Waals surface area contributed by atoms with Crippen LogP contribution in [0, 0.1) is 0 Å².